The third-order valence-corrected chi connectivity index (χ3v) is 5.01. The van der Waals surface area contributed by atoms with E-state index in [0.29, 0.717) is 34.5 Å². The van der Waals surface area contributed by atoms with Crippen molar-refractivity contribution < 1.29 is 14.3 Å². The van der Waals surface area contributed by atoms with Crippen LogP contribution in [-0.2, 0) is 11.2 Å². The predicted molar refractivity (Wildman–Crippen MR) is 109 cm³/mol. The van der Waals surface area contributed by atoms with Crippen molar-refractivity contribution in [1.29, 1.82) is 0 Å². The van der Waals surface area contributed by atoms with Gasteiger partial charge in [-0.25, -0.2) is 4.98 Å². The molecule has 0 aliphatic carbocycles. The van der Waals surface area contributed by atoms with Crippen molar-refractivity contribution in [3.8, 4) is 22.8 Å². The van der Waals surface area contributed by atoms with E-state index in [1.165, 1.54) is 11.3 Å². The number of benzene rings is 2. The standard InChI is InChI=1S/C20H19ClN2O3S/c1-25-17-5-3-4-14(19(17)26-2)8-11-18(24)23-20-22-16(12-27-20)13-6-9-15(21)10-7-13/h3-7,9-10,12H,8,11H2,1-2H3,(H,22,23,24). The second-order valence-corrected chi connectivity index (χ2v) is 7.04. The van der Waals surface area contributed by atoms with Crippen LogP contribution in [0.1, 0.15) is 12.0 Å². The molecule has 3 aromatic rings. The lowest BCUT2D eigenvalue weighted by atomic mass is 10.1. The smallest absolute Gasteiger partial charge is 0.226 e. The molecule has 5 nitrogen and oxygen atoms in total. The van der Waals surface area contributed by atoms with Gasteiger partial charge in [0.2, 0.25) is 5.91 Å². The molecule has 0 aliphatic heterocycles. The zero-order valence-corrected chi connectivity index (χ0v) is 16.6. The summed E-state index contributed by atoms with van der Waals surface area (Å²) in [5.74, 6) is 1.21. The van der Waals surface area contributed by atoms with Crippen molar-refractivity contribution in [3.63, 3.8) is 0 Å². The molecule has 7 heteroatoms. The van der Waals surface area contributed by atoms with Gasteiger partial charge in [0.25, 0.3) is 0 Å². The Morgan fingerprint density at radius 1 is 1.15 bits per heavy atom. The maximum absolute atomic E-state index is 12.3. The van der Waals surface area contributed by atoms with Gasteiger partial charge in [0.05, 0.1) is 19.9 Å². The van der Waals surface area contributed by atoms with E-state index in [-0.39, 0.29) is 5.91 Å². The number of para-hydroxylation sites is 1. The zero-order valence-electron chi connectivity index (χ0n) is 15.0. The van der Waals surface area contributed by atoms with Gasteiger partial charge in [0.1, 0.15) is 0 Å². The van der Waals surface area contributed by atoms with E-state index in [1.54, 1.807) is 14.2 Å². The zero-order chi connectivity index (χ0) is 19.2. The van der Waals surface area contributed by atoms with E-state index < -0.39 is 0 Å². The number of aryl methyl sites for hydroxylation is 1. The molecule has 1 heterocycles. The monoisotopic (exact) mass is 402 g/mol. The summed E-state index contributed by atoms with van der Waals surface area (Å²) >= 11 is 7.30. The van der Waals surface area contributed by atoms with Crippen LogP contribution >= 0.6 is 22.9 Å². The number of rotatable bonds is 7. The number of amides is 1. The van der Waals surface area contributed by atoms with E-state index in [1.807, 2.05) is 47.8 Å². The first-order valence-corrected chi connectivity index (χ1v) is 9.57. The van der Waals surface area contributed by atoms with Crippen LogP contribution in [0.15, 0.2) is 47.8 Å². The molecule has 0 saturated heterocycles. The van der Waals surface area contributed by atoms with E-state index >= 15 is 0 Å². The number of anilines is 1. The summed E-state index contributed by atoms with van der Waals surface area (Å²) in [5, 5.41) is 6.00. The molecule has 0 atom stereocenters. The number of thiazole rings is 1. The summed E-state index contributed by atoms with van der Waals surface area (Å²) in [6.45, 7) is 0. The number of nitrogens with one attached hydrogen (secondary N) is 1. The minimum absolute atomic E-state index is 0.100. The van der Waals surface area contributed by atoms with Crippen molar-refractivity contribution in [1.82, 2.24) is 4.98 Å². The fourth-order valence-corrected chi connectivity index (χ4v) is 3.53. The van der Waals surface area contributed by atoms with E-state index in [0.717, 1.165) is 16.8 Å². The third-order valence-electron chi connectivity index (χ3n) is 4.00. The Morgan fingerprint density at radius 2 is 1.93 bits per heavy atom. The molecular weight excluding hydrogens is 384 g/mol. The molecule has 27 heavy (non-hydrogen) atoms. The molecule has 1 amide bonds. The Kier molecular flexibility index (Phi) is 6.32. The highest BCUT2D eigenvalue weighted by Crippen LogP contribution is 2.31. The highest BCUT2D eigenvalue weighted by Gasteiger charge is 2.12. The van der Waals surface area contributed by atoms with Crippen LogP contribution in [-0.4, -0.2) is 25.1 Å². The number of methoxy groups -OCH3 is 2. The number of carbonyl (C=O) groups excluding carboxylic acids is 1. The van der Waals surface area contributed by atoms with Crippen LogP contribution in [0.25, 0.3) is 11.3 Å². The van der Waals surface area contributed by atoms with Gasteiger partial charge in [-0.15, -0.1) is 11.3 Å². The van der Waals surface area contributed by atoms with E-state index in [9.17, 15) is 4.79 Å². The molecule has 1 aromatic heterocycles. The Balaban J connectivity index is 1.61. The van der Waals surface area contributed by atoms with Crippen molar-refractivity contribution >= 4 is 34.0 Å². The minimum Gasteiger partial charge on any atom is -0.493 e. The average Bonchev–Trinajstić information content (AvgIpc) is 3.14. The summed E-state index contributed by atoms with van der Waals surface area (Å²) in [4.78, 5) is 16.8. The number of ether oxygens (including phenoxy) is 2. The number of aromatic nitrogens is 1. The lowest BCUT2D eigenvalue weighted by molar-refractivity contribution is -0.116. The minimum atomic E-state index is -0.100. The molecule has 0 bridgehead atoms. The van der Waals surface area contributed by atoms with Crippen molar-refractivity contribution in [2.45, 2.75) is 12.8 Å². The van der Waals surface area contributed by atoms with Gasteiger partial charge < -0.3 is 14.8 Å². The van der Waals surface area contributed by atoms with Gasteiger partial charge in [-0.05, 0) is 30.2 Å². The highest BCUT2D eigenvalue weighted by atomic mass is 35.5. The summed E-state index contributed by atoms with van der Waals surface area (Å²) in [5.41, 5.74) is 2.69. The van der Waals surface area contributed by atoms with Crippen LogP contribution in [0.5, 0.6) is 11.5 Å². The van der Waals surface area contributed by atoms with Gasteiger partial charge in [-0.2, -0.15) is 0 Å². The van der Waals surface area contributed by atoms with Crippen LogP contribution in [0.2, 0.25) is 5.02 Å². The summed E-state index contributed by atoms with van der Waals surface area (Å²) < 4.78 is 10.7. The molecule has 3 rings (SSSR count). The molecule has 0 saturated carbocycles. The van der Waals surface area contributed by atoms with Crippen LogP contribution < -0.4 is 14.8 Å². The molecule has 2 aromatic carbocycles. The fraction of sp³-hybridized carbons (Fsp3) is 0.200. The Bertz CT molecular complexity index is 925. The quantitative estimate of drug-likeness (QED) is 0.600. The maximum Gasteiger partial charge on any atom is 0.226 e. The molecule has 1 N–H and O–H groups in total. The van der Waals surface area contributed by atoms with Crippen molar-refractivity contribution in [2.24, 2.45) is 0 Å². The van der Waals surface area contributed by atoms with Crippen molar-refractivity contribution in [2.75, 3.05) is 19.5 Å². The number of carbonyl (C=O) groups is 1. The first kappa shape index (κ1) is 19.2. The van der Waals surface area contributed by atoms with Crippen molar-refractivity contribution in [3.05, 3.63) is 58.4 Å². The van der Waals surface area contributed by atoms with Gasteiger partial charge >= 0.3 is 0 Å². The normalized spacial score (nSPS) is 10.5. The van der Waals surface area contributed by atoms with Crippen LogP contribution in [0.3, 0.4) is 0 Å². The second-order valence-electron chi connectivity index (χ2n) is 5.75. The molecule has 140 valence electrons. The summed E-state index contributed by atoms with van der Waals surface area (Å²) in [6, 6.07) is 13.1. The molecule has 0 aliphatic rings. The lowest BCUT2D eigenvalue weighted by Gasteiger charge is -2.12. The lowest BCUT2D eigenvalue weighted by Crippen LogP contribution is -2.12. The van der Waals surface area contributed by atoms with Crippen LogP contribution in [0.4, 0.5) is 5.13 Å². The molecule has 0 unspecified atom stereocenters. The number of halogens is 1. The Hall–Kier alpha value is -2.57. The predicted octanol–water partition coefficient (Wildman–Crippen LogP) is 5.05. The highest BCUT2D eigenvalue weighted by molar-refractivity contribution is 7.14. The molecule has 0 fully saturated rings. The first-order valence-electron chi connectivity index (χ1n) is 8.32. The van der Waals surface area contributed by atoms with Gasteiger partial charge in [-0.1, -0.05) is 35.9 Å². The average molecular weight is 403 g/mol. The largest absolute Gasteiger partial charge is 0.493 e. The van der Waals surface area contributed by atoms with Gasteiger partial charge in [-0.3, -0.25) is 4.79 Å². The number of hydrogen-bond acceptors (Lipinski definition) is 5. The van der Waals surface area contributed by atoms with E-state index in [4.69, 9.17) is 21.1 Å². The molecular formula is C20H19ClN2O3S. The van der Waals surface area contributed by atoms with E-state index in [2.05, 4.69) is 10.3 Å². The fourth-order valence-electron chi connectivity index (χ4n) is 2.66. The third kappa shape index (κ3) is 4.78. The number of hydrogen-bond donors (Lipinski definition) is 1. The van der Waals surface area contributed by atoms with Gasteiger partial charge in [0, 0.05) is 22.4 Å². The molecule has 0 radical (unpaired) electrons. The second kappa shape index (κ2) is 8.88. The first-order chi connectivity index (χ1) is 13.1. The van der Waals surface area contributed by atoms with Crippen LogP contribution in [0, 0.1) is 0 Å². The van der Waals surface area contributed by atoms with Gasteiger partial charge in [0.15, 0.2) is 16.6 Å². The SMILES string of the molecule is COc1cccc(CCC(=O)Nc2nc(-c3ccc(Cl)cc3)cs2)c1OC. The maximum atomic E-state index is 12.3. The summed E-state index contributed by atoms with van der Waals surface area (Å²) in [6.07, 6.45) is 0.862. The Morgan fingerprint density at radius 3 is 2.63 bits per heavy atom. The summed E-state index contributed by atoms with van der Waals surface area (Å²) in [7, 11) is 3.18. The topological polar surface area (TPSA) is 60.5 Å². The Labute approximate surface area is 166 Å². The molecule has 0 spiro atoms. The number of nitrogens with zero attached hydrogens (tertiary/aromatic N) is 1.